The van der Waals surface area contributed by atoms with Gasteiger partial charge in [-0.2, -0.15) is 0 Å². The molecule has 18 heavy (non-hydrogen) atoms. The molecular weight excluding hydrogens is 224 g/mol. The Bertz CT molecular complexity index is 355. The smallest absolute Gasteiger partial charge is 0.0916 e. The van der Waals surface area contributed by atoms with Crippen LogP contribution in [-0.4, -0.2) is 54.7 Å². The fourth-order valence-electron chi connectivity index (χ4n) is 2.36. The minimum atomic E-state index is -0.362. The highest BCUT2D eigenvalue weighted by Crippen LogP contribution is 2.16. The van der Waals surface area contributed by atoms with Gasteiger partial charge in [-0.05, 0) is 24.6 Å². The first kappa shape index (κ1) is 13.5. The van der Waals surface area contributed by atoms with Gasteiger partial charge in [0.15, 0.2) is 0 Å². The van der Waals surface area contributed by atoms with Crippen LogP contribution < -0.4 is 0 Å². The Balaban J connectivity index is 1.88. The second-order valence-corrected chi connectivity index (χ2v) is 5.21. The zero-order valence-corrected chi connectivity index (χ0v) is 11.5. The molecular formula is C15H24N2O. The molecule has 0 saturated carbocycles. The molecule has 1 aliphatic heterocycles. The molecule has 1 aromatic rings. The van der Waals surface area contributed by atoms with Crippen molar-refractivity contribution < 1.29 is 5.11 Å². The maximum atomic E-state index is 10.2. The number of aliphatic hydroxyl groups is 1. The quantitative estimate of drug-likeness (QED) is 0.875. The zero-order chi connectivity index (χ0) is 13.0. The van der Waals surface area contributed by atoms with Crippen molar-refractivity contribution in [3.05, 3.63) is 35.4 Å². The topological polar surface area (TPSA) is 26.7 Å². The Morgan fingerprint density at radius 1 is 1.11 bits per heavy atom. The van der Waals surface area contributed by atoms with Crippen molar-refractivity contribution in [3.8, 4) is 0 Å². The molecule has 0 bridgehead atoms. The van der Waals surface area contributed by atoms with E-state index in [1.807, 2.05) is 0 Å². The van der Waals surface area contributed by atoms with E-state index < -0.39 is 0 Å². The van der Waals surface area contributed by atoms with E-state index in [0.717, 1.165) is 44.7 Å². The molecule has 1 heterocycles. The van der Waals surface area contributed by atoms with Gasteiger partial charge in [0.05, 0.1) is 6.10 Å². The van der Waals surface area contributed by atoms with E-state index in [-0.39, 0.29) is 6.10 Å². The van der Waals surface area contributed by atoms with Crippen LogP contribution in [-0.2, 0) is 6.42 Å². The Labute approximate surface area is 110 Å². The van der Waals surface area contributed by atoms with E-state index in [2.05, 4.69) is 48.0 Å². The summed E-state index contributed by atoms with van der Waals surface area (Å²) in [4.78, 5) is 4.68. The van der Waals surface area contributed by atoms with Crippen molar-refractivity contribution >= 4 is 0 Å². The molecule has 3 heteroatoms. The summed E-state index contributed by atoms with van der Waals surface area (Å²) in [5.41, 5.74) is 2.36. The van der Waals surface area contributed by atoms with Crippen LogP contribution in [0.25, 0.3) is 0 Å². The number of likely N-dealkylation sites (N-methyl/N-ethyl adjacent to an activating group) is 1. The van der Waals surface area contributed by atoms with Crippen LogP contribution in [0.4, 0.5) is 0 Å². The molecule has 1 saturated heterocycles. The largest absolute Gasteiger partial charge is 0.387 e. The van der Waals surface area contributed by atoms with Crippen molar-refractivity contribution in [2.24, 2.45) is 0 Å². The molecule has 1 aliphatic rings. The molecule has 1 aromatic carbocycles. The van der Waals surface area contributed by atoms with Crippen LogP contribution in [0.5, 0.6) is 0 Å². The summed E-state index contributed by atoms with van der Waals surface area (Å²) in [5.74, 6) is 0. The third-order valence-corrected chi connectivity index (χ3v) is 3.80. The maximum absolute atomic E-state index is 10.2. The van der Waals surface area contributed by atoms with Crippen molar-refractivity contribution in [1.29, 1.82) is 0 Å². The van der Waals surface area contributed by atoms with Crippen molar-refractivity contribution in [1.82, 2.24) is 9.80 Å². The molecule has 100 valence electrons. The predicted octanol–water partition coefficient (Wildman–Crippen LogP) is 1.53. The van der Waals surface area contributed by atoms with Gasteiger partial charge in [-0.25, -0.2) is 0 Å². The molecule has 0 radical (unpaired) electrons. The zero-order valence-electron chi connectivity index (χ0n) is 11.5. The summed E-state index contributed by atoms with van der Waals surface area (Å²) in [7, 11) is 2.15. The molecule has 0 aliphatic carbocycles. The molecule has 0 amide bonds. The van der Waals surface area contributed by atoms with Gasteiger partial charge in [0.1, 0.15) is 0 Å². The van der Waals surface area contributed by atoms with E-state index in [0.29, 0.717) is 0 Å². The average Bonchev–Trinajstić information content (AvgIpc) is 2.41. The van der Waals surface area contributed by atoms with Gasteiger partial charge in [0, 0.05) is 32.7 Å². The first-order valence-corrected chi connectivity index (χ1v) is 6.87. The van der Waals surface area contributed by atoms with E-state index in [4.69, 9.17) is 0 Å². The molecule has 2 rings (SSSR count). The maximum Gasteiger partial charge on any atom is 0.0916 e. The van der Waals surface area contributed by atoms with Gasteiger partial charge in [-0.1, -0.05) is 31.2 Å². The van der Waals surface area contributed by atoms with Crippen LogP contribution >= 0.6 is 0 Å². The van der Waals surface area contributed by atoms with E-state index >= 15 is 0 Å². The second-order valence-electron chi connectivity index (χ2n) is 5.21. The first-order chi connectivity index (χ1) is 8.69. The Morgan fingerprint density at radius 2 is 1.72 bits per heavy atom. The van der Waals surface area contributed by atoms with Gasteiger partial charge in [0.25, 0.3) is 0 Å². The van der Waals surface area contributed by atoms with Crippen molar-refractivity contribution in [3.63, 3.8) is 0 Å². The highest BCUT2D eigenvalue weighted by Gasteiger charge is 2.17. The minimum absolute atomic E-state index is 0.362. The molecule has 1 N–H and O–H groups in total. The number of hydrogen-bond donors (Lipinski definition) is 1. The number of rotatable bonds is 4. The number of nitrogens with zero attached hydrogens (tertiary/aromatic N) is 2. The predicted molar refractivity (Wildman–Crippen MR) is 74.7 cm³/mol. The molecule has 1 fully saturated rings. The van der Waals surface area contributed by atoms with Crippen LogP contribution in [0, 0.1) is 0 Å². The molecule has 3 nitrogen and oxygen atoms in total. The highest BCUT2D eigenvalue weighted by molar-refractivity contribution is 5.24. The first-order valence-electron chi connectivity index (χ1n) is 6.87. The van der Waals surface area contributed by atoms with Crippen molar-refractivity contribution in [2.45, 2.75) is 19.4 Å². The average molecular weight is 248 g/mol. The van der Waals surface area contributed by atoms with E-state index in [1.54, 1.807) is 0 Å². The third kappa shape index (κ3) is 3.55. The summed E-state index contributed by atoms with van der Waals surface area (Å²) >= 11 is 0. The number of aliphatic hydroxyl groups excluding tert-OH is 1. The molecule has 0 spiro atoms. The van der Waals surface area contributed by atoms with Crippen molar-refractivity contribution in [2.75, 3.05) is 39.8 Å². The standard InChI is InChI=1S/C15H24N2O/c1-3-13-4-6-14(7-5-13)15(18)12-17-10-8-16(2)9-11-17/h4-7,15,18H,3,8-12H2,1-2H3/t15-/m0/s1. The molecule has 0 aromatic heterocycles. The van der Waals surface area contributed by atoms with E-state index in [9.17, 15) is 5.11 Å². The summed E-state index contributed by atoms with van der Waals surface area (Å²) in [6.07, 6.45) is 0.689. The Morgan fingerprint density at radius 3 is 2.28 bits per heavy atom. The van der Waals surface area contributed by atoms with Gasteiger partial charge in [0.2, 0.25) is 0 Å². The van der Waals surface area contributed by atoms with Crippen LogP contribution in [0.3, 0.4) is 0 Å². The van der Waals surface area contributed by atoms with Crippen LogP contribution in [0.15, 0.2) is 24.3 Å². The number of benzene rings is 1. The monoisotopic (exact) mass is 248 g/mol. The van der Waals surface area contributed by atoms with Gasteiger partial charge < -0.3 is 10.0 Å². The lowest BCUT2D eigenvalue weighted by Gasteiger charge is -2.33. The normalized spacial score (nSPS) is 19.9. The van der Waals surface area contributed by atoms with Gasteiger partial charge in [-0.15, -0.1) is 0 Å². The number of hydrogen-bond acceptors (Lipinski definition) is 3. The lowest BCUT2D eigenvalue weighted by atomic mass is 10.1. The third-order valence-electron chi connectivity index (χ3n) is 3.80. The summed E-state index contributed by atoms with van der Waals surface area (Å²) in [5, 5.41) is 10.2. The van der Waals surface area contributed by atoms with Crippen LogP contribution in [0.2, 0.25) is 0 Å². The summed E-state index contributed by atoms with van der Waals surface area (Å²) in [6, 6.07) is 8.34. The fourth-order valence-corrected chi connectivity index (χ4v) is 2.36. The minimum Gasteiger partial charge on any atom is -0.387 e. The Hall–Kier alpha value is -0.900. The molecule has 1 atom stereocenters. The fraction of sp³-hybridized carbons (Fsp3) is 0.600. The number of piperazine rings is 1. The van der Waals surface area contributed by atoms with Gasteiger partial charge in [-0.3, -0.25) is 4.90 Å². The number of β-amino-alcohol motifs (C(OH)–C–C–N with tert-alkyl or cyclic N) is 1. The second kappa shape index (κ2) is 6.32. The van der Waals surface area contributed by atoms with E-state index in [1.165, 1.54) is 5.56 Å². The van der Waals surface area contributed by atoms with Crippen LogP contribution in [0.1, 0.15) is 24.2 Å². The Kier molecular flexibility index (Phi) is 4.75. The molecule has 0 unspecified atom stereocenters. The lowest BCUT2D eigenvalue weighted by molar-refractivity contribution is 0.0805. The summed E-state index contributed by atoms with van der Waals surface area (Å²) < 4.78 is 0. The lowest BCUT2D eigenvalue weighted by Crippen LogP contribution is -2.45. The highest BCUT2D eigenvalue weighted by atomic mass is 16.3. The summed E-state index contributed by atoms with van der Waals surface area (Å²) in [6.45, 7) is 7.21. The number of aryl methyl sites for hydroxylation is 1. The van der Waals surface area contributed by atoms with Gasteiger partial charge >= 0.3 is 0 Å². The SMILES string of the molecule is CCc1ccc([C@@H](O)CN2CCN(C)CC2)cc1.